The van der Waals surface area contributed by atoms with Gasteiger partial charge in [0.05, 0.1) is 5.60 Å². The molecule has 0 aliphatic carbocycles. The van der Waals surface area contributed by atoms with E-state index in [1.54, 1.807) is 0 Å². The van der Waals surface area contributed by atoms with Gasteiger partial charge in [-0.05, 0) is 76.8 Å². The van der Waals surface area contributed by atoms with Crippen molar-refractivity contribution in [3.8, 4) is 5.75 Å². The number of ether oxygens (including phenoxy) is 2. The standard InChI is InChI=1S/C29H42N2O2/c1-24(2)15-21-31(27-16-19-30(20-17-27)22-18-29(3,4)32-5)26-11-13-28(14-12-26)33-23-25-9-7-6-8-10-25/h6-15,27H,16-23H2,1-5H3. The minimum Gasteiger partial charge on any atom is -0.489 e. The van der Waals surface area contributed by atoms with Crippen LogP contribution in [0.5, 0.6) is 5.75 Å². The molecule has 2 aromatic rings. The maximum absolute atomic E-state index is 6.00. The Morgan fingerprint density at radius 2 is 1.70 bits per heavy atom. The van der Waals surface area contributed by atoms with Gasteiger partial charge in [0, 0.05) is 45.0 Å². The number of rotatable bonds is 11. The third kappa shape index (κ3) is 8.21. The molecular weight excluding hydrogens is 408 g/mol. The molecule has 0 unspecified atom stereocenters. The van der Waals surface area contributed by atoms with Crippen molar-refractivity contribution >= 4 is 5.69 Å². The second kappa shape index (κ2) is 12.2. The first-order valence-corrected chi connectivity index (χ1v) is 12.3. The quantitative estimate of drug-likeness (QED) is 0.374. The molecule has 180 valence electrons. The molecule has 4 nitrogen and oxygen atoms in total. The minimum atomic E-state index is -0.0450. The average Bonchev–Trinajstić information content (AvgIpc) is 2.83. The first kappa shape index (κ1) is 25.3. The Bertz CT molecular complexity index is 849. The Balaban J connectivity index is 1.59. The number of benzene rings is 2. The summed E-state index contributed by atoms with van der Waals surface area (Å²) in [4.78, 5) is 5.17. The van der Waals surface area contributed by atoms with Crippen LogP contribution in [0.3, 0.4) is 0 Å². The van der Waals surface area contributed by atoms with E-state index in [9.17, 15) is 0 Å². The lowest BCUT2D eigenvalue weighted by Crippen LogP contribution is -2.46. The molecule has 0 N–H and O–H groups in total. The summed E-state index contributed by atoms with van der Waals surface area (Å²) in [5.74, 6) is 0.917. The van der Waals surface area contributed by atoms with E-state index < -0.39 is 0 Å². The highest BCUT2D eigenvalue weighted by Crippen LogP contribution is 2.27. The Morgan fingerprint density at radius 1 is 1.03 bits per heavy atom. The van der Waals surface area contributed by atoms with E-state index in [0.717, 1.165) is 38.3 Å². The molecule has 0 aromatic heterocycles. The fourth-order valence-electron chi connectivity index (χ4n) is 4.21. The average molecular weight is 451 g/mol. The molecule has 1 saturated heterocycles. The third-order valence-electron chi connectivity index (χ3n) is 6.69. The summed E-state index contributed by atoms with van der Waals surface area (Å²) >= 11 is 0. The van der Waals surface area contributed by atoms with Gasteiger partial charge in [-0.15, -0.1) is 0 Å². The molecular formula is C29H42N2O2. The molecule has 0 amide bonds. The molecule has 33 heavy (non-hydrogen) atoms. The zero-order valence-corrected chi connectivity index (χ0v) is 21.2. The molecule has 1 fully saturated rings. The fourth-order valence-corrected chi connectivity index (χ4v) is 4.21. The van der Waals surface area contributed by atoms with Gasteiger partial charge in [0.15, 0.2) is 0 Å². The van der Waals surface area contributed by atoms with Crippen LogP contribution in [0.15, 0.2) is 66.2 Å². The van der Waals surface area contributed by atoms with Crippen molar-refractivity contribution in [2.75, 3.05) is 38.2 Å². The molecule has 4 heteroatoms. The van der Waals surface area contributed by atoms with E-state index in [1.807, 2.05) is 25.3 Å². The van der Waals surface area contributed by atoms with Gasteiger partial charge in [-0.1, -0.05) is 42.0 Å². The van der Waals surface area contributed by atoms with Crippen molar-refractivity contribution in [3.63, 3.8) is 0 Å². The van der Waals surface area contributed by atoms with Crippen molar-refractivity contribution in [1.82, 2.24) is 4.90 Å². The zero-order chi connectivity index (χ0) is 23.7. The van der Waals surface area contributed by atoms with E-state index >= 15 is 0 Å². The highest BCUT2D eigenvalue weighted by Gasteiger charge is 2.26. The van der Waals surface area contributed by atoms with Gasteiger partial charge in [-0.3, -0.25) is 0 Å². The number of anilines is 1. The highest BCUT2D eigenvalue weighted by molar-refractivity contribution is 5.51. The largest absolute Gasteiger partial charge is 0.489 e. The minimum absolute atomic E-state index is 0.0450. The predicted octanol–water partition coefficient (Wildman–Crippen LogP) is 6.32. The molecule has 1 aliphatic heterocycles. The molecule has 0 bridgehead atoms. The summed E-state index contributed by atoms with van der Waals surface area (Å²) in [6, 6.07) is 19.5. The second-order valence-corrected chi connectivity index (χ2v) is 9.99. The van der Waals surface area contributed by atoms with Crippen LogP contribution in [-0.2, 0) is 11.3 Å². The van der Waals surface area contributed by atoms with Crippen LogP contribution in [0.4, 0.5) is 5.69 Å². The number of hydrogen-bond donors (Lipinski definition) is 0. The van der Waals surface area contributed by atoms with E-state index in [2.05, 4.69) is 80.0 Å². The van der Waals surface area contributed by atoms with Crippen LogP contribution < -0.4 is 9.64 Å². The maximum Gasteiger partial charge on any atom is 0.119 e. The van der Waals surface area contributed by atoms with E-state index in [4.69, 9.17) is 9.47 Å². The number of piperidine rings is 1. The molecule has 3 rings (SSSR count). The van der Waals surface area contributed by atoms with Crippen LogP contribution in [0.1, 0.15) is 52.5 Å². The van der Waals surface area contributed by atoms with Crippen molar-refractivity contribution in [2.24, 2.45) is 0 Å². The summed E-state index contributed by atoms with van der Waals surface area (Å²) < 4.78 is 11.6. The summed E-state index contributed by atoms with van der Waals surface area (Å²) in [6.07, 6.45) is 5.79. The van der Waals surface area contributed by atoms with Crippen LogP contribution in [0.25, 0.3) is 0 Å². The summed E-state index contributed by atoms with van der Waals surface area (Å²) in [5, 5.41) is 0. The Morgan fingerprint density at radius 3 is 2.30 bits per heavy atom. The monoisotopic (exact) mass is 450 g/mol. The van der Waals surface area contributed by atoms with Crippen molar-refractivity contribution in [2.45, 2.75) is 65.2 Å². The molecule has 1 aliphatic rings. The van der Waals surface area contributed by atoms with E-state index in [1.165, 1.54) is 29.7 Å². The SMILES string of the molecule is COC(C)(C)CCN1CCC(N(CC=C(C)C)c2ccc(OCc3ccccc3)cc2)CC1. The predicted molar refractivity (Wildman–Crippen MR) is 139 cm³/mol. The third-order valence-corrected chi connectivity index (χ3v) is 6.69. The van der Waals surface area contributed by atoms with E-state index in [-0.39, 0.29) is 5.60 Å². The molecule has 0 spiro atoms. The van der Waals surface area contributed by atoms with Gasteiger partial charge in [-0.25, -0.2) is 0 Å². The summed E-state index contributed by atoms with van der Waals surface area (Å²) in [6.45, 7) is 13.7. The van der Waals surface area contributed by atoms with Gasteiger partial charge in [0.25, 0.3) is 0 Å². The smallest absolute Gasteiger partial charge is 0.119 e. The number of likely N-dealkylation sites (tertiary alicyclic amines) is 1. The Kier molecular flexibility index (Phi) is 9.40. The van der Waals surface area contributed by atoms with E-state index in [0.29, 0.717) is 12.6 Å². The number of hydrogen-bond acceptors (Lipinski definition) is 4. The second-order valence-electron chi connectivity index (χ2n) is 9.99. The van der Waals surface area contributed by atoms with Gasteiger partial charge in [-0.2, -0.15) is 0 Å². The summed E-state index contributed by atoms with van der Waals surface area (Å²) in [5.41, 5.74) is 3.78. The first-order valence-electron chi connectivity index (χ1n) is 12.3. The number of allylic oxidation sites excluding steroid dienone is 1. The van der Waals surface area contributed by atoms with Crippen molar-refractivity contribution in [1.29, 1.82) is 0 Å². The first-order chi connectivity index (χ1) is 15.9. The lowest BCUT2D eigenvalue weighted by atomic mass is 9.99. The highest BCUT2D eigenvalue weighted by atomic mass is 16.5. The summed E-state index contributed by atoms with van der Waals surface area (Å²) in [7, 11) is 1.81. The van der Waals surface area contributed by atoms with Crippen LogP contribution >= 0.6 is 0 Å². The van der Waals surface area contributed by atoms with Crippen LogP contribution in [0, 0.1) is 0 Å². The topological polar surface area (TPSA) is 24.9 Å². The van der Waals surface area contributed by atoms with Crippen LogP contribution in [-0.4, -0.2) is 49.8 Å². The zero-order valence-electron chi connectivity index (χ0n) is 21.2. The number of nitrogens with zero attached hydrogens (tertiary/aromatic N) is 2. The Labute approximate surface area is 201 Å². The lowest BCUT2D eigenvalue weighted by Gasteiger charge is -2.40. The van der Waals surface area contributed by atoms with Gasteiger partial charge < -0.3 is 19.3 Å². The van der Waals surface area contributed by atoms with Crippen LogP contribution in [0.2, 0.25) is 0 Å². The molecule has 0 radical (unpaired) electrons. The molecule has 0 saturated carbocycles. The van der Waals surface area contributed by atoms with Crippen molar-refractivity contribution in [3.05, 3.63) is 71.8 Å². The van der Waals surface area contributed by atoms with Crippen molar-refractivity contribution < 1.29 is 9.47 Å². The molecule has 1 heterocycles. The van der Waals surface area contributed by atoms with Gasteiger partial charge >= 0.3 is 0 Å². The molecule has 2 aromatic carbocycles. The normalized spacial score (nSPS) is 15.3. The maximum atomic E-state index is 6.00. The molecule has 0 atom stereocenters. The van der Waals surface area contributed by atoms with Gasteiger partial charge in [0.1, 0.15) is 12.4 Å². The Hall–Kier alpha value is -2.30. The van der Waals surface area contributed by atoms with Gasteiger partial charge in [0.2, 0.25) is 0 Å². The number of methoxy groups -OCH3 is 1. The lowest BCUT2D eigenvalue weighted by molar-refractivity contribution is 0.00572. The fraction of sp³-hybridized carbons (Fsp3) is 0.517.